The van der Waals surface area contributed by atoms with E-state index in [0.29, 0.717) is 17.1 Å². The Morgan fingerprint density at radius 3 is 2.52 bits per heavy atom. The highest BCUT2D eigenvalue weighted by molar-refractivity contribution is 5.43. The molecule has 3 aromatic rings. The molecule has 2 aromatic carbocycles. The van der Waals surface area contributed by atoms with Crippen LogP contribution in [-0.4, -0.2) is 39.6 Å². The highest BCUT2D eigenvalue weighted by Crippen LogP contribution is 2.28. The SMILES string of the molecule is COc1ccc(Cc2nnc(N=NCc3ccc(O)cc3O)[nH]c2=O)cc1OC. The van der Waals surface area contributed by atoms with Gasteiger partial charge in [0.1, 0.15) is 17.2 Å². The molecule has 0 unspecified atom stereocenters. The van der Waals surface area contributed by atoms with E-state index >= 15 is 0 Å². The fourth-order valence-electron chi connectivity index (χ4n) is 2.56. The first-order valence-corrected chi connectivity index (χ1v) is 8.55. The van der Waals surface area contributed by atoms with Crippen molar-refractivity contribution in [2.24, 2.45) is 10.2 Å². The van der Waals surface area contributed by atoms with Gasteiger partial charge in [-0.3, -0.25) is 9.78 Å². The number of benzene rings is 2. The molecular formula is C19H19N5O5. The Kier molecular flexibility index (Phi) is 6.03. The largest absolute Gasteiger partial charge is 0.508 e. The van der Waals surface area contributed by atoms with Crippen molar-refractivity contribution >= 4 is 5.95 Å². The lowest BCUT2D eigenvalue weighted by atomic mass is 10.1. The maximum atomic E-state index is 12.3. The third-order valence-corrected chi connectivity index (χ3v) is 4.05. The summed E-state index contributed by atoms with van der Waals surface area (Å²) >= 11 is 0. The third kappa shape index (κ3) is 4.86. The van der Waals surface area contributed by atoms with Crippen molar-refractivity contribution in [1.29, 1.82) is 0 Å². The quantitative estimate of drug-likeness (QED) is 0.520. The molecule has 0 radical (unpaired) electrons. The zero-order valence-corrected chi connectivity index (χ0v) is 15.8. The highest BCUT2D eigenvalue weighted by atomic mass is 16.5. The number of ether oxygens (including phenoxy) is 2. The summed E-state index contributed by atoms with van der Waals surface area (Å²) in [6.45, 7) is 0.0449. The fourth-order valence-corrected chi connectivity index (χ4v) is 2.56. The summed E-state index contributed by atoms with van der Waals surface area (Å²) in [7, 11) is 3.08. The zero-order chi connectivity index (χ0) is 20.8. The van der Waals surface area contributed by atoms with Crippen LogP contribution in [0.15, 0.2) is 51.4 Å². The molecule has 0 atom stereocenters. The van der Waals surface area contributed by atoms with Crippen LogP contribution < -0.4 is 15.0 Å². The minimum Gasteiger partial charge on any atom is -0.508 e. The summed E-state index contributed by atoms with van der Waals surface area (Å²) in [4.78, 5) is 14.8. The average molecular weight is 397 g/mol. The molecule has 0 saturated heterocycles. The van der Waals surface area contributed by atoms with E-state index in [1.165, 1.54) is 25.3 Å². The van der Waals surface area contributed by atoms with Crippen LogP contribution >= 0.6 is 0 Å². The molecule has 0 bridgehead atoms. The number of hydrogen-bond acceptors (Lipinski definition) is 9. The van der Waals surface area contributed by atoms with Crippen molar-refractivity contribution in [3.8, 4) is 23.0 Å². The van der Waals surface area contributed by atoms with Crippen LogP contribution in [0.2, 0.25) is 0 Å². The Morgan fingerprint density at radius 2 is 1.83 bits per heavy atom. The van der Waals surface area contributed by atoms with E-state index in [0.717, 1.165) is 5.56 Å². The van der Waals surface area contributed by atoms with E-state index in [1.54, 1.807) is 25.3 Å². The van der Waals surface area contributed by atoms with Crippen molar-refractivity contribution in [3.05, 3.63) is 63.6 Å². The Bertz CT molecular complexity index is 1100. The van der Waals surface area contributed by atoms with Crippen LogP contribution in [0.25, 0.3) is 0 Å². The smallest absolute Gasteiger partial charge is 0.274 e. The molecule has 10 heteroatoms. The summed E-state index contributed by atoms with van der Waals surface area (Å²) in [6.07, 6.45) is 0.251. The molecule has 3 N–H and O–H groups in total. The normalized spacial score (nSPS) is 11.0. The summed E-state index contributed by atoms with van der Waals surface area (Å²) in [5.41, 5.74) is 1.05. The molecule has 0 aliphatic rings. The topological polar surface area (TPSA) is 142 Å². The lowest BCUT2D eigenvalue weighted by Gasteiger charge is -2.09. The van der Waals surface area contributed by atoms with Crippen LogP contribution in [-0.2, 0) is 13.0 Å². The summed E-state index contributed by atoms with van der Waals surface area (Å²) in [5.74, 6) is 0.936. The van der Waals surface area contributed by atoms with Gasteiger partial charge in [0.15, 0.2) is 11.5 Å². The van der Waals surface area contributed by atoms with Crippen LogP contribution in [0.5, 0.6) is 23.0 Å². The molecule has 150 valence electrons. The molecule has 0 aliphatic carbocycles. The molecule has 0 spiro atoms. The molecule has 1 heterocycles. The minimum absolute atomic E-state index is 0.0449. The van der Waals surface area contributed by atoms with Crippen LogP contribution in [0.1, 0.15) is 16.8 Å². The van der Waals surface area contributed by atoms with Crippen molar-refractivity contribution in [3.63, 3.8) is 0 Å². The van der Waals surface area contributed by atoms with Gasteiger partial charge in [0.2, 0.25) is 0 Å². The molecular weight excluding hydrogens is 378 g/mol. The van der Waals surface area contributed by atoms with Gasteiger partial charge >= 0.3 is 0 Å². The molecule has 1 aromatic heterocycles. The molecule has 10 nitrogen and oxygen atoms in total. The van der Waals surface area contributed by atoms with Crippen molar-refractivity contribution in [2.45, 2.75) is 13.0 Å². The number of aromatic amines is 1. The number of methoxy groups -OCH3 is 2. The Balaban J connectivity index is 1.71. The van der Waals surface area contributed by atoms with E-state index in [2.05, 4.69) is 25.4 Å². The van der Waals surface area contributed by atoms with E-state index < -0.39 is 5.56 Å². The molecule has 0 saturated carbocycles. The van der Waals surface area contributed by atoms with Crippen LogP contribution in [0.3, 0.4) is 0 Å². The second-order valence-electron chi connectivity index (χ2n) is 6.00. The van der Waals surface area contributed by atoms with E-state index in [1.807, 2.05) is 0 Å². The number of nitrogens with one attached hydrogen (secondary N) is 1. The first kappa shape index (κ1) is 19.8. The maximum absolute atomic E-state index is 12.3. The molecule has 29 heavy (non-hydrogen) atoms. The standard InChI is InChI=1S/C19H19N5O5/c1-28-16-6-3-11(8-17(16)29-2)7-14-18(27)21-19(24-22-14)23-20-10-12-4-5-13(25)9-15(12)26/h3-6,8-9,25-26H,7,10H2,1-2H3,(H,21,24,27). The Labute approximate surface area is 165 Å². The van der Waals surface area contributed by atoms with Crippen molar-refractivity contribution in [1.82, 2.24) is 15.2 Å². The highest BCUT2D eigenvalue weighted by Gasteiger charge is 2.09. The number of hydrogen-bond donors (Lipinski definition) is 3. The average Bonchev–Trinajstić information content (AvgIpc) is 2.71. The third-order valence-electron chi connectivity index (χ3n) is 4.05. The number of H-pyrrole nitrogens is 1. The lowest BCUT2D eigenvalue weighted by Crippen LogP contribution is -2.16. The van der Waals surface area contributed by atoms with Gasteiger partial charge in [-0.25, -0.2) is 0 Å². The van der Waals surface area contributed by atoms with Crippen molar-refractivity contribution < 1.29 is 19.7 Å². The number of aromatic nitrogens is 3. The van der Waals surface area contributed by atoms with Gasteiger partial charge in [0.25, 0.3) is 11.5 Å². The predicted octanol–water partition coefficient (Wildman–Crippen LogP) is 2.47. The van der Waals surface area contributed by atoms with Crippen LogP contribution in [0, 0.1) is 0 Å². The second kappa shape index (κ2) is 8.83. The zero-order valence-electron chi connectivity index (χ0n) is 15.8. The molecule has 0 aliphatic heterocycles. The summed E-state index contributed by atoms with van der Waals surface area (Å²) in [6, 6.07) is 9.46. The molecule has 0 amide bonds. The number of rotatable bonds is 7. The first-order chi connectivity index (χ1) is 14.0. The van der Waals surface area contributed by atoms with E-state index in [9.17, 15) is 15.0 Å². The Hall–Kier alpha value is -3.95. The first-order valence-electron chi connectivity index (χ1n) is 8.55. The van der Waals surface area contributed by atoms with E-state index in [-0.39, 0.29) is 36.1 Å². The number of aromatic hydroxyl groups is 2. The van der Waals surface area contributed by atoms with Gasteiger partial charge in [-0.2, -0.15) is 5.11 Å². The lowest BCUT2D eigenvalue weighted by molar-refractivity contribution is 0.354. The van der Waals surface area contributed by atoms with Gasteiger partial charge in [-0.1, -0.05) is 6.07 Å². The number of azo groups is 1. The van der Waals surface area contributed by atoms with Gasteiger partial charge < -0.3 is 19.7 Å². The van der Waals surface area contributed by atoms with Crippen LogP contribution in [0.4, 0.5) is 5.95 Å². The number of phenolic OH excluding ortho intramolecular Hbond substituents is 2. The maximum Gasteiger partial charge on any atom is 0.274 e. The number of phenols is 2. The predicted molar refractivity (Wildman–Crippen MR) is 103 cm³/mol. The van der Waals surface area contributed by atoms with Crippen molar-refractivity contribution in [2.75, 3.05) is 14.2 Å². The molecule has 0 fully saturated rings. The summed E-state index contributed by atoms with van der Waals surface area (Å²) in [5, 5.41) is 34.5. The van der Waals surface area contributed by atoms with Gasteiger partial charge in [-0.05, 0) is 29.8 Å². The number of nitrogens with zero attached hydrogens (tertiary/aromatic N) is 4. The fraction of sp³-hybridized carbons (Fsp3) is 0.211. The monoisotopic (exact) mass is 397 g/mol. The minimum atomic E-state index is -0.434. The summed E-state index contributed by atoms with van der Waals surface area (Å²) < 4.78 is 10.4. The van der Waals surface area contributed by atoms with E-state index in [4.69, 9.17) is 9.47 Å². The molecule has 3 rings (SSSR count). The second-order valence-corrected chi connectivity index (χ2v) is 6.00. The van der Waals surface area contributed by atoms with Gasteiger partial charge in [0.05, 0.1) is 20.8 Å². The Morgan fingerprint density at radius 1 is 1.03 bits per heavy atom. The van der Waals surface area contributed by atoms with Gasteiger partial charge in [0, 0.05) is 18.1 Å². The van der Waals surface area contributed by atoms with Gasteiger partial charge in [-0.15, -0.1) is 15.3 Å².